The van der Waals surface area contributed by atoms with E-state index in [-0.39, 0.29) is 16.5 Å². The normalized spacial score (nSPS) is 12.8. The van der Waals surface area contributed by atoms with Crippen molar-refractivity contribution in [2.24, 2.45) is 5.41 Å². The van der Waals surface area contributed by atoms with E-state index in [4.69, 9.17) is 5.11 Å². The second-order valence-corrected chi connectivity index (χ2v) is 7.06. The quantitative estimate of drug-likeness (QED) is 0.933. The van der Waals surface area contributed by atoms with E-state index in [1.54, 1.807) is 18.2 Å². The number of carboxylic acid groups (broad SMARTS) is 1. The highest BCUT2D eigenvalue weighted by Gasteiger charge is 2.29. The van der Waals surface area contributed by atoms with E-state index in [1.165, 1.54) is 0 Å². The second kappa shape index (κ2) is 4.58. The maximum Gasteiger partial charge on any atom is 0.335 e. The molecule has 0 spiro atoms. The van der Waals surface area contributed by atoms with Gasteiger partial charge in [0.1, 0.15) is 5.52 Å². The molecule has 1 aromatic heterocycles. The van der Waals surface area contributed by atoms with Crippen molar-refractivity contribution in [2.75, 3.05) is 0 Å². The molecule has 0 unspecified atom stereocenters. The van der Waals surface area contributed by atoms with Gasteiger partial charge in [-0.15, -0.1) is 5.10 Å². The lowest BCUT2D eigenvalue weighted by Crippen LogP contribution is -2.32. The van der Waals surface area contributed by atoms with Crippen LogP contribution >= 0.6 is 0 Å². The molecule has 0 fully saturated rings. The second-order valence-electron chi connectivity index (χ2n) is 7.06. The number of rotatable bonds is 3. The van der Waals surface area contributed by atoms with Crippen LogP contribution in [0.15, 0.2) is 18.2 Å². The van der Waals surface area contributed by atoms with Crippen molar-refractivity contribution in [1.82, 2.24) is 15.0 Å². The summed E-state index contributed by atoms with van der Waals surface area (Å²) in [4.78, 5) is 11.0. The molecule has 108 valence electrons. The number of hydrogen-bond donors (Lipinski definition) is 1. The first kappa shape index (κ1) is 14.5. The van der Waals surface area contributed by atoms with Gasteiger partial charge in [0.15, 0.2) is 0 Å². The Morgan fingerprint density at radius 1 is 1.25 bits per heavy atom. The lowest BCUT2D eigenvalue weighted by atomic mass is 9.82. The third-order valence-electron chi connectivity index (χ3n) is 3.23. The Hall–Kier alpha value is -1.91. The van der Waals surface area contributed by atoms with E-state index in [9.17, 15) is 4.79 Å². The molecule has 0 aliphatic carbocycles. The third kappa shape index (κ3) is 2.81. The molecule has 1 N–H and O–H groups in total. The molecule has 0 atom stereocenters. The Morgan fingerprint density at radius 2 is 1.90 bits per heavy atom. The smallest absolute Gasteiger partial charge is 0.335 e. The minimum atomic E-state index is -0.949. The summed E-state index contributed by atoms with van der Waals surface area (Å²) in [7, 11) is 0. The van der Waals surface area contributed by atoms with Crippen LogP contribution in [0.4, 0.5) is 0 Å². The van der Waals surface area contributed by atoms with Crippen LogP contribution < -0.4 is 0 Å². The van der Waals surface area contributed by atoms with Crippen molar-refractivity contribution >= 4 is 17.0 Å². The molecule has 0 saturated carbocycles. The molecule has 0 bridgehead atoms. The van der Waals surface area contributed by atoms with Gasteiger partial charge in [-0.3, -0.25) is 0 Å². The van der Waals surface area contributed by atoms with Gasteiger partial charge in [0.05, 0.1) is 16.6 Å². The van der Waals surface area contributed by atoms with Gasteiger partial charge in [-0.1, -0.05) is 26.0 Å². The van der Waals surface area contributed by atoms with Crippen LogP contribution in [0.25, 0.3) is 11.0 Å². The summed E-state index contributed by atoms with van der Waals surface area (Å²) in [5.41, 5.74) is 1.70. The largest absolute Gasteiger partial charge is 0.478 e. The average molecular weight is 275 g/mol. The first-order valence-corrected chi connectivity index (χ1v) is 6.69. The topological polar surface area (TPSA) is 68.0 Å². The Kier molecular flexibility index (Phi) is 3.32. The van der Waals surface area contributed by atoms with E-state index in [1.807, 2.05) is 4.68 Å². The van der Waals surface area contributed by atoms with Gasteiger partial charge in [-0.25, -0.2) is 9.48 Å². The van der Waals surface area contributed by atoms with Gasteiger partial charge in [0.25, 0.3) is 0 Å². The summed E-state index contributed by atoms with van der Waals surface area (Å²) in [6.07, 6.45) is 0.944. The summed E-state index contributed by atoms with van der Waals surface area (Å²) in [6.45, 7) is 10.8. The van der Waals surface area contributed by atoms with Gasteiger partial charge in [-0.05, 0) is 43.9 Å². The first-order valence-electron chi connectivity index (χ1n) is 6.69. The molecule has 1 aromatic carbocycles. The van der Waals surface area contributed by atoms with E-state index in [0.29, 0.717) is 5.52 Å². The van der Waals surface area contributed by atoms with Crippen LogP contribution in [0.2, 0.25) is 0 Å². The molecule has 0 aliphatic rings. The van der Waals surface area contributed by atoms with Crippen LogP contribution in [0.3, 0.4) is 0 Å². The molecule has 5 heteroatoms. The Balaban J connectivity index is 2.48. The van der Waals surface area contributed by atoms with Crippen LogP contribution in [0, 0.1) is 5.41 Å². The van der Waals surface area contributed by atoms with Crippen LogP contribution in [-0.2, 0) is 5.54 Å². The van der Waals surface area contributed by atoms with E-state index >= 15 is 0 Å². The molecule has 2 rings (SSSR count). The van der Waals surface area contributed by atoms with Crippen molar-refractivity contribution in [3.05, 3.63) is 23.8 Å². The van der Waals surface area contributed by atoms with E-state index in [2.05, 4.69) is 44.9 Å². The number of aromatic carboxylic acids is 1. The molecule has 0 saturated heterocycles. The third-order valence-corrected chi connectivity index (χ3v) is 3.23. The summed E-state index contributed by atoms with van der Waals surface area (Å²) < 4.78 is 1.89. The minimum Gasteiger partial charge on any atom is -0.478 e. The molecule has 2 aromatic rings. The summed E-state index contributed by atoms with van der Waals surface area (Å²) in [6, 6.07) is 4.94. The zero-order valence-corrected chi connectivity index (χ0v) is 12.6. The van der Waals surface area contributed by atoms with Crippen LogP contribution in [0.5, 0.6) is 0 Å². The number of aromatic nitrogens is 3. The monoisotopic (exact) mass is 275 g/mol. The molecular formula is C15H21N3O2. The Morgan fingerprint density at radius 3 is 2.45 bits per heavy atom. The zero-order chi connectivity index (χ0) is 15.1. The van der Waals surface area contributed by atoms with Crippen LogP contribution in [-0.4, -0.2) is 26.1 Å². The molecule has 0 aliphatic heterocycles. The van der Waals surface area contributed by atoms with Gasteiger partial charge in [0, 0.05) is 0 Å². The summed E-state index contributed by atoms with van der Waals surface area (Å²) in [5, 5.41) is 17.3. The highest BCUT2D eigenvalue weighted by molar-refractivity contribution is 5.92. The van der Waals surface area contributed by atoms with Crippen molar-refractivity contribution < 1.29 is 9.90 Å². The fraction of sp³-hybridized carbons (Fsp3) is 0.533. The van der Waals surface area contributed by atoms with Gasteiger partial charge < -0.3 is 5.11 Å². The van der Waals surface area contributed by atoms with Crippen LogP contribution in [0.1, 0.15) is 51.4 Å². The number of benzene rings is 1. The molecule has 0 radical (unpaired) electrons. The van der Waals surface area contributed by atoms with E-state index < -0.39 is 5.97 Å². The first-order chi connectivity index (χ1) is 9.10. The maximum absolute atomic E-state index is 11.0. The predicted octanol–water partition coefficient (Wildman–Crippen LogP) is 3.30. The highest BCUT2D eigenvalue weighted by atomic mass is 16.4. The standard InChI is InChI=1S/C15H21N3O2/c1-14(2,3)9-15(4,5)18-12-7-6-10(13(19)20)8-11(12)16-17-18/h6-8H,9H2,1-5H3,(H,19,20). The van der Waals surface area contributed by atoms with Gasteiger partial charge in [0.2, 0.25) is 0 Å². The highest BCUT2D eigenvalue weighted by Crippen LogP contribution is 2.33. The van der Waals surface area contributed by atoms with Crippen molar-refractivity contribution in [2.45, 2.75) is 46.6 Å². The minimum absolute atomic E-state index is 0.169. The SMILES string of the molecule is CC(C)(C)CC(C)(C)n1nnc2cc(C(=O)O)ccc21. The fourth-order valence-electron chi connectivity index (χ4n) is 2.88. The summed E-state index contributed by atoms with van der Waals surface area (Å²) >= 11 is 0. The molecule has 0 amide bonds. The molecule has 1 heterocycles. The number of nitrogens with zero attached hydrogens (tertiary/aromatic N) is 3. The summed E-state index contributed by atoms with van der Waals surface area (Å²) in [5.74, 6) is -0.949. The van der Waals surface area contributed by atoms with Gasteiger partial charge in [-0.2, -0.15) is 0 Å². The van der Waals surface area contributed by atoms with Gasteiger partial charge >= 0.3 is 5.97 Å². The number of carboxylic acids is 1. The Labute approximate surface area is 118 Å². The fourth-order valence-corrected chi connectivity index (χ4v) is 2.88. The zero-order valence-electron chi connectivity index (χ0n) is 12.6. The van der Waals surface area contributed by atoms with Crippen molar-refractivity contribution in [3.8, 4) is 0 Å². The number of fused-ring (bicyclic) bond motifs is 1. The lowest BCUT2D eigenvalue weighted by molar-refractivity contribution is 0.0697. The lowest BCUT2D eigenvalue weighted by Gasteiger charge is -2.32. The van der Waals surface area contributed by atoms with Crippen molar-refractivity contribution in [3.63, 3.8) is 0 Å². The van der Waals surface area contributed by atoms with E-state index in [0.717, 1.165) is 11.9 Å². The number of hydrogen-bond acceptors (Lipinski definition) is 3. The molecule has 5 nitrogen and oxygen atoms in total. The maximum atomic E-state index is 11.0. The Bertz CT molecular complexity index is 651. The molecular weight excluding hydrogens is 254 g/mol. The average Bonchev–Trinajstić information content (AvgIpc) is 2.68. The number of carbonyl (C=O) groups is 1. The predicted molar refractivity (Wildman–Crippen MR) is 77.9 cm³/mol. The van der Waals surface area contributed by atoms with Crippen molar-refractivity contribution in [1.29, 1.82) is 0 Å². The molecule has 20 heavy (non-hydrogen) atoms.